The number of aromatic hydroxyl groups is 2. The highest BCUT2D eigenvalue weighted by Gasteiger charge is 2.10. The van der Waals surface area contributed by atoms with E-state index >= 15 is 0 Å². The molecule has 0 radical (unpaired) electrons. The first-order valence-corrected chi connectivity index (χ1v) is 6.90. The third kappa shape index (κ3) is 3.61. The molecule has 1 amide bonds. The van der Waals surface area contributed by atoms with Gasteiger partial charge in [0, 0.05) is 10.0 Å². The van der Waals surface area contributed by atoms with Gasteiger partial charge in [-0.15, -0.1) is 0 Å². The van der Waals surface area contributed by atoms with Crippen molar-refractivity contribution in [2.24, 2.45) is 5.10 Å². The van der Waals surface area contributed by atoms with Gasteiger partial charge in [0.05, 0.1) is 11.3 Å². The predicted octanol–water partition coefficient (Wildman–Crippen LogP) is 3.01. The Balaban J connectivity index is 2.19. The van der Waals surface area contributed by atoms with Crippen LogP contribution in [0, 0.1) is 0 Å². The Morgan fingerprint density at radius 3 is 2.48 bits per heavy atom. The zero-order valence-corrected chi connectivity index (χ0v) is 12.8. The van der Waals surface area contributed by atoms with Gasteiger partial charge in [-0.1, -0.05) is 28.1 Å². The summed E-state index contributed by atoms with van der Waals surface area (Å²) in [7, 11) is 0. The fourth-order valence-electron chi connectivity index (χ4n) is 1.72. The Labute approximate surface area is 130 Å². The number of para-hydroxylation sites is 1. The lowest BCUT2D eigenvalue weighted by Crippen LogP contribution is -2.19. The van der Waals surface area contributed by atoms with E-state index in [9.17, 15) is 15.0 Å². The Morgan fingerprint density at radius 2 is 1.76 bits per heavy atom. The van der Waals surface area contributed by atoms with E-state index in [1.54, 1.807) is 31.2 Å². The summed E-state index contributed by atoms with van der Waals surface area (Å²) in [6.45, 7) is 1.66. The van der Waals surface area contributed by atoms with Crippen molar-refractivity contribution in [3.05, 3.63) is 58.1 Å². The van der Waals surface area contributed by atoms with Crippen molar-refractivity contribution >= 4 is 27.5 Å². The average Bonchev–Trinajstić information content (AvgIpc) is 2.47. The van der Waals surface area contributed by atoms with E-state index in [1.165, 1.54) is 18.2 Å². The van der Waals surface area contributed by atoms with Crippen LogP contribution in [-0.4, -0.2) is 21.8 Å². The van der Waals surface area contributed by atoms with Crippen molar-refractivity contribution in [1.82, 2.24) is 5.43 Å². The highest BCUT2D eigenvalue weighted by atomic mass is 79.9. The largest absolute Gasteiger partial charge is 0.507 e. The minimum atomic E-state index is -0.526. The minimum Gasteiger partial charge on any atom is -0.507 e. The van der Waals surface area contributed by atoms with Crippen LogP contribution in [0.15, 0.2) is 52.0 Å². The molecule has 0 fully saturated rings. The Bertz CT molecular complexity index is 714. The van der Waals surface area contributed by atoms with E-state index in [0.29, 0.717) is 11.3 Å². The summed E-state index contributed by atoms with van der Waals surface area (Å²) in [5.41, 5.74) is 3.42. The fourth-order valence-corrected chi connectivity index (χ4v) is 2.08. The molecule has 3 N–H and O–H groups in total. The highest BCUT2D eigenvalue weighted by molar-refractivity contribution is 9.10. The predicted molar refractivity (Wildman–Crippen MR) is 83.6 cm³/mol. The van der Waals surface area contributed by atoms with Crippen LogP contribution in [0.5, 0.6) is 11.5 Å². The monoisotopic (exact) mass is 348 g/mol. The van der Waals surface area contributed by atoms with Gasteiger partial charge in [0.15, 0.2) is 0 Å². The van der Waals surface area contributed by atoms with Gasteiger partial charge in [-0.3, -0.25) is 4.79 Å². The molecule has 6 heteroatoms. The quantitative estimate of drug-likeness (QED) is 0.589. The van der Waals surface area contributed by atoms with Gasteiger partial charge < -0.3 is 10.2 Å². The second-order valence-corrected chi connectivity index (χ2v) is 5.23. The van der Waals surface area contributed by atoms with E-state index in [2.05, 4.69) is 26.5 Å². The van der Waals surface area contributed by atoms with E-state index < -0.39 is 5.91 Å². The van der Waals surface area contributed by atoms with Gasteiger partial charge in [-0.2, -0.15) is 5.10 Å². The summed E-state index contributed by atoms with van der Waals surface area (Å²) in [4.78, 5) is 11.9. The summed E-state index contributed by atoms with van der Waals surface area (Å²) in [5.74, 6) is -0.577. The molecular weight excluding hydrogens is 336 g/mol. The molecule has 108 valence electrons. The normalized spacial score (nSPS) is 11.2. The number of amides is 1. The van der Waals surface area contributed by atoms with Gasteiger partial charge in [0.25, 0.3) is 5.91 Å². The molecule has 21 heavy (non-hydrogen) atoms. The number of hydrogen-bond donors (Lipinski definition) is 3. The molecule has 0 atom stereocenters. The number of benzene rings is 2. The fraction of sp³-hybridized carbons (Fsp3) is 0.0667. The van der Waals surface area contributed by atoms with Crippen molar-refractivity contribution in [3.8, 4) is 11.5 Å². The minimum absolute atomic E-state index is 0.0660. The summed E-state index contributed by atoms with van der Waals surface area (Å²) in [5, 5.41) is 23.3. The summed E-state index contributed by atoms with van der Waals surface area (Å²) in [6, 6.07) is 11.1. The van der Waals surface area contributed by atoms with Gasteiger partial charge in [-0.25, -0.2) is 5.43 Å². The zero-order chi connectivity index (χ0) is 15.4. The van der Waals surface area contributed by atoms with E-state index in [-0.39, 0.29) is 17.1 Å². The number of rotatable bonds is 3. The Kier molecular flexibility index (Phi) is 4.59. The number of hydrazone groups is 1. The van der Waals surface area contributed by atoms with Crippen molar-refractivity contribution in [1.29, 1.82) is 0 Å². The summed E-state index contributed by atoms with van der Waals surface area (Å²) >= 11 is 3.30. The highest BCUT2D eigenvalue weighted by Crippen LogP contribution is 2.22. The third-order valence-corrected chi connectivity index (χ3v) is 3.32. The van der Waals surface area contributed by atoms with Crippen LogP contribution >= 0.6 is 15.9 Å². The number of nitrogens with zero attached hydrogens (tertiary/aromatic N) is 1. The average molecular weight is 349 g/mol. The lowest BCUT2D eigenvalue weighted by atomic mass is 10.1. The Morgan fingerprint density at radius 1 is 1.10 bits per heavy atom. The molecule has 0 aromatic heterocycles. The molecule has 0 saturated carbocycles. The van der Waals surface area contributed by atoms with Crippen LogP contribution in [0.3, 0.4) is 0 Å². The van der Waals surface area contributed by atoms with Gasteiger partial charge in [-0.05, 0) is 37.3 Å². The van der Waals surface area contributed by atoms with Crippen LogP contribution in [0.4, 0.5) is 0 Å². The van der Waals surface area contributed by atoms with Crippen molar-refractivity contribution in [2.45, 2.75) is 6.92 Å². The maximum atomic E-state index is 11.9. The van der Waals surface area contributed by atoms with Crippen LogP contribution < -0.4 is 5.43 Å². The zero-order valence-electron chi connectivity index (χ0n) is 11.2. The standard InChI is InChI=1S/C15H13BrN2O3/c1-9(12-8-10(16)6-7-14(12)20)17-18-15(21)11-4-2-3-5-13(11)19/h2-8,19-20H,1H3,(H,18,21). The number of phenolic OH excluding ortho intramolecular Hbond substituents is 2. The van der Waals surface area contributed by atoms with Crippen LogP contribution in [-0.2, 0) is 0 Å². The van der Waals surface area contributed by atoms with Crippen LogP contribution in [0.2, 0.25) is 0 Å². The molecule has 5 nitrogen and oxygen atoms in total. The number of halogens is 1. The molecule has 2 rings (SSSR count). The molecule has 0 bridgehead atoms. The van der Waals surface area contributed by atoms with Gasteiger partial charge in [0.1, 0.15) is 11.5 Å². The van der Waals surface area contributed by atoms with E-state index in [0.717, 1.165) is 4.47 Å². The second-order valence-electron chi connectivity index (χ2n) is 4.32. The smallest absolute Gasteiger partial charge is 0.275 e. The first-order chi connectivity index (χ1) is 9.99. The van der Waals surface area contributed by atoms with Gasteiger partial charge in [0.2, 0.25) is 0 Å². The van der Waals surface area contributed by atoms with E-state index in [1.807, 2.05) is 0 Å². The molecule has 0 aliphatic rings. The van der Waals surface area contributed by atoms with Crippen LogP contribution in [0.25, 0.3) is 0 Å². The number of nitrogens with one attached hydrogen (secondary N) is 1. The maximum Gasteiger partial charge on any atom is 0.275 e. The summed E-state index contributed by atoms with van der Waals surface area (Å²) in [6.07, 6.45) is 0. The molecule has 0 saturated heterocycles. The molecule has 0 unspecified atom stereocenters. The molecule has 0 spiro atoms. The van der Waals surface area contributed by atoms with Crippen molar-refractivity contribution in [3.63, 3.8) is 0 Å². The molecule has 0 aliphatic heterocycles. The number of phenols is 2. The maximum absolute atomic E-state index is 11.9. The molecule has 2 aromatic carbocycles. The summed E-state index contributed by atoms with van der Waals surface area (Å²) < 4.78 is 0.789. The molecule has 0 aliphatic carbocycles. The SMILES string of the molecule is CC(=NNC(=O)c1ccccc1O)c1cc(Br)ccc1O. The lowest BCUT2D eigenvalue weighted by Gasteiger charge is -2.06. The first kappa shape index (κ1) is 15.1. The van der Waals surface area contributed by atoms with Gasteiger partial charge >= 0.3 is 0 Å². The first-order valence-electron chi connectivity index (χ1n) is 6.10. The Hall–Kier alpha value is -2.34. The molecule has 0 heterocycles. The third-order valence-electron chi connectivity index (χ3n) is 2.82. The van der Waals surface area contributed by atoms with Crippen LogP contribution in [0.1, 0.15) is 22.8 Å². The molecular formula is C15H13BrN2O3. The van der Waals surface area contributed by atoms with Crippen molar-refractivity contribution < 1.29 is 15.0 Å². The number of hydrogen-bond acceptors (Lipinski definition) is 4. The number of carbonyl (C=O) groups excluding carboxylic acids is 1. The van der Waals surface area contributed by atoms with Crippen molar-refractivity contribution in [2.75, 3.05) is 0 Å². The lowest BCUT2D eigenvalue weighted by molar-refractivity contribution is 0.0952. The topological polar surface area (TPSA) is 81.9 Å². The molecule has 2 aromatic rings. The second kappa shape index (κ2) is 6.41. The number of carbonyl (C=O) groups is 1. The van der Waals surface area contributed by atoms with E-state index in [4.69, 9.17) is 0 Å².